The van der Waals surface area contributed by atoms with E-state index in [2.05, 4.69) is 4.74 Å². The number of hydrogen-bond donors (Lipinski definition) is 0. The highest BCUT2D eigenvalue weighted by Crippen LogP contribution is 2.18. The van der Waals surface area contributed by atoms with Crippen molar-refractivity contribution in [2.75, 3.05) is 25.7 Å². The smallest absolute Gasteiger partial charge is 0.328 e. The zero-order chi connectivity index (χ0) is 12.3. The van der Waals surface area contributed by atoms with Gasteiger partial charge in [-0.15, -0.1) is 0 Å². The van der Waals surface area contributed by atoms with Crippen molar-refractivity contribution in [3.63, 3.8) is 0 Å². The van der Waals surface area contributed by atoms with Gasteiger partial charge in [-0.05, 0) is 12.8 Å². The highest BCUT2D eigenvalue weighted by atomic mass is 32.2. The quantitative estimate of drug-likeness (QED) is 0.611. The van der Waals surface area contributed by atoms with E-state index in [1.165, 1.54) is 12.0 Å². The maximum Gasteiger partial charge on any atom is 0.328 e. The molecule has 1 fully saturated rings. The molecule has 1 rings (SSSR count). The monoisotopic (exact) mass is 249 g/mol. The third-order valence-corrected chi connectivity index (χ3v) is 3.20. The van der Waals surface area contributed by atoms with Gasteiger partial charge in [-0.3, -0.25) is 4.79 Å². The van der Waals surface area contributed by atoms with Crippen LogP contribution in [0.3, 0.4) is 0 Å². The van der Waals surface area contributed by atoms with Gasteiger partial charge in [0, 0.05) is 12.8 Å². The molecule has 0 aliphatic carbocycles. The molecule has 92 valence electrons. The SMILES string of the molecule is COC(=O)C1CCCN1C(=O)CS(C)(=O)=O. The predicted molar refractivity (Wildman–Crippen MR) is 56.5 cm³/mol. The Balaban J connectivity index is 2.72. The average molecular weight is 249 g/mol. The van der Waals surface area contributed by atoms with Gasteiger partial charge in [-0.2, -0.15) is 0 Å². The summed E-state index contributed by atoms with van der Waals surface area (Å²) in [5.74, 6) is -1.57. The number of ether oxygens (including phenoxy) is 1. The topological polar surface area (TPSA) is 80.8 Å². The second-order valence-corrected chi connectivity index (χ2v) is 5.98. The number of methoxy groups -OCH3 is 1. The van der Waals surface area contributed by atoms with Crippen LogP contribution in [0.25, 0.3) is 0 Å². The van der Waals surface area contributed by atoms with Crippen LogP contribution < -0.4 is 0 Å². The second kappa shape index (κ2) is 4.82. The van der Waals surface area contributed by atoms with E-state index in [0.717, 1.165) is 6.26 Å². The molecule has 0 bridgehead atoms. The van der Waals surface area contributed by atoms with Gasteiger partial charge in [-0.25, -0.2) is 13.2 Å². The Morgan fingerprint density at radius 2 is 2.06 bits per heavy atom. The van der Waals surface area contributed by atoms with Crippen molar-refractivity contribution in [3.8, 4) is 0 Å². The van der Waals surface area contributed by atoms with Gasteiger partial charge in [0.2, 0.25) is 5.91 Å². The maximum atomic E-state index is 11.6. The van der Waals surface area contributed by atoms with E-state index in [9.17, 15) is 18.0 Å². The summed E-state index contributed by atoms with van der Waals surface area (Å²) in [6.45, 7) is 0.411. The molecule has 1 unspecified atom stereocenters. The van der Waals surface area contributed by atoms with Crippen LogP contribution in [0.2, 0.25) is 0 Å². The molecule has 6 nitrogen and oxygen atoms in total. The van der Waals surface area contributed by atoms with E-state index in [1.807, 2.05) is 0 Å². The van der Waals surface area contributed by atoms with Crippen LogP contribution in [0.4, 0.5) is 0 Å². The highest BCUT2D eigenvalue weighted by Gasteiger charge is 2.35. The predicted octanol–water partition coefficient (Wildman–Crippen LogP) is -0.805. The van der Waals surface area contributed by atoms with E-state index in [0.29, 0.717) is 19.4 Å². The normalized spacial score (nSPS) is 20.9. The van der Waals surface area contributed by atoms with E-state index in [1.54, 1.807) is 0 Å². The van der Waals surface area contributed by atoms with Gasteiger partial charge >= 0.3 is 5.97 Å². The lowest BCUT2D eigenvalue weighted by molar-refractivity contribution is -0.150. The van der Waals surface area contributed by atoms with Gasteiger partial charge in [0.15, 0.2) is 9.84 Å². The van der Waals surface area contributed by atoms with Gasteiger partial charge in [0.1, 0.15) is 11.8 Å². The summed E-state index contributed by atoms with van der Waals surface area (Å²) in [6, 6.07) is -0.626. The number of amides is 1. The molecule has 16 heavy (non-hydrogen) atoms. The fourth-order valence-electron chi connectivity index (χ4n) is 1.75. The molecule has 7 heteroatoms. The first kappa shape index (κ1) is 13.0. The van der Waals surface area contributed by atoms with Crippen molar-refractivity contribution in [1.29, 1.82) is 0 Å². The first-order valence-electron chi connectivity index (χ1n) is 4.90. The Kier molecular flexibility index (Phi) is 3.90. The van der Waals surface area contributed by atoms with Crippen molar-refractivity contribution in [2.45, 2.75) is 18.9 Å². The van der Waals surface area contributed by atoms with Crippen LogP contribution in [-0.2, 0) is 24.2 Å². The Hall–Kier alpha value is -1.11. The fraction of sp³-hybridized carbons (Fsp3) is 0.778. The Morgan fingerprint density at radius 1 is 1.44 bits per heavy atom. The zero-order valence-corrected chi connectivity index (χ0v) is 10.1. The van der Waals surface area contributed by atoms with Gasteiger partial charge < -0.3 is 9.64 Å². The molecule has 1 amide bonds. The molecule has 1 heterocycles. The number of carbonyl (C=O) groups excluding carboxylic acids is 2. The number of esters is 1. The fourth-order valence-corrected chi connectivity index (χ4v) is 2.37. The first-order chi connectivity index (χ1) is 7.35. The van der Waals surface area contributed by atoms with Gasteiger partial charge in [0.05, 0.1) is 7.11 Å². The highest BCUT2D eigenvalue weighted by molar-refractivity contribution is 7.91. The standard InChI is InChI=1S/C9H15NO5S/c1-15-9(12)7-4-3-5-10(7)8(11)6-16(2,13)14/h7H,3-6H2,1-2H3. The third-order valence-electron chi connectivity index (χ3n) is 2.43. The summed E-state index contributed by atoms with van der Waals surface area (Å²) in [5.41, 5.74) is 0. The van der Waals surface area contributed by atoms with Crippen LogP contribution in [0.1, 0.15) is 12.8 Å². The first-order valence-corrected chi connectivity index (χ1v) is 6.96. The van der Waals surface area contributed by atoms with Gasteiger partial charge in [0.25, 0.3) is 0 Å². The van der Waals surface area contributed by atoms with E-state index in [-0.39, 0.29) is 0 Å². The average Bonchev–Trinajstić information content (AvgIpc) is 2.62. The molecule has 0 radical (unpaired) electrons. The van der Waals surface area contributed by atoms with E-state index in [4.69, 9.17) is 0 Å². The summed E-state index contributed by atoms with van der Waals surface area (Å²) in [5, 5.41) is 0. The van der Waals surface area contributed by atoms with Crippen LogP contribution in [0, 0.1) is 0 Å². The molecular formula is C9H15NO5S. The molecule has 0 aromatic carbocycles. The van der Waals surface area contributed by atoms with Crippen molar-refractivity contribution in [1.82, 2.24) is 4.90 Å². The number of hydrogen-bond acceptors (Lipinski definition) is 5. The minimum Gasteiger partial charge on any atom is -0.467 e. The summed E-state index contributed by atoms with van der Waals surface area (Å²) in [6.07, 6.45) is 2.21. The van der Waals surface area contributed by atoms with Crippen molar-refractivity contribution >= 4 is 21.7 Å². The molecule has 0 aromatic heterocycles. The molecule has 1 atom stereocenters. The molecule has 0 saturated carbocycles. The second-order valence-electron chi connectivity index (χ2n) is 3.84. The molecule has 0 spiro atoms. The molecule has 1 aliphatic heterocycles. The van der Waals surface area contributed by atoms with E-state index < -0.39 is 33.5 Å². The van der Waals surface area contributed by atoms with Crippen LogP contribution in [0.15, 0.2) is 0 Å². The van der Waals surface area contributed by atoms with Crippen LogP contribution in [0.5, 0.6) is 0 Å². The Morgan fingerprint density at radius 3 is 2.56 bits per heavy atom. The third kappa shape index (κ3) is 3.19. The van der Waals surface area contributed by atoms with Crippen LogP contribution >= 0.6 is 0 Å². The summed E-state index contributed by atoms with van der Waals surface area (Å²) < 4.78 is 26.5. The molecule has 0 aromatic rings. The lowest BCUT2D eigenvalue weighted by Crippen LogP contribution is -2.43. The largest absolute Gasteiger partial charge is 0.467 e. The lowest BCUT2D eigenvalue weighted by Gasteiger charge is -2.22. The van der Waals surface area contributed by atoms with Crippen LogP contribution in [-0.4, -0.2) is 56.9 Å². The number of sulfone groups is 1. The summed E-state index contributed by atoms with van der Waals surface area (Å²) >= 11 is 0. The minimum absolute atomic E-state index is 0.411. The zero-order valence-electron chi connectivity index (χ0n) is 9.30. The molecule has 0 N–H and O–H groups in total. The maximum absolute atomic E-state index is 11.6. The number of likely N-dealkylation sites (tertiary alicyclic amines) is 1. The lowest BCUT2D eigenvalue weighted by atomic mass is 10.2. The summed E-state index contributed by atoms with van der Waals surface area (Å²) in [7, 11) is -2.11. The molecule has 1 aliphatic rings. The Bertz CT molecular complexity index is 389. The van der Waals surface area contributed by atoms with Gasteiger partial charge in [-0.1, -0.05) is 0 Å². The summed E-state index contributed by atoms with van der Waals surface area (Å²) in [4.78, 5) is 24.2. The molecular weight excluding hydrogens is 234 g/mol. The van der Waals surface area contributed by atoms with Crippen molar-refractivity contribution in [3.05, 3.63) is 0 Å². The van der Waals surface area contributed by atoms with Crippen molar-refractivity contribution in [2.24, 2.45) is 0 Å². The number of nitrogens with zero attached hydrogens (tertiary/aromatic N) is 1. The number of carbonyl (C=O) groups is 2. The number of rotatable bonds is 3. The molecule has 1 saturated heterocycles. The van der Waals surface area contributed by atoms with E-state index >= 15 is 0 Å². The minimum atomic E-state index is -3.36. The Labute approximate surface area is 94.5 Å². The van der Waals surface area contributed by atoms with Crippen molar-refractivity contribution < 1.29 is 22.7 Å².